The summed E-state index contributed by atoms with van der Waals surface area (Å²) in [6, 6.07) is 13.3. The first-order valence-corrected chi connectivity index (χ1v) is 11.4. The van der Waals surface area contributed by atoms with E-state index in [-0.39, 0.29) is 11.6 Å². The lowest BCUT2D eigenvalue weighted by atomic mass is 10.1. The normalized spacial score (nSPS) is 11.9. The fourth-order valence-corrected chi connectivity index (χ4v) is 4.16. The van der Waals surface area contributed by atoms with Crippen molar-refractivity contribution >= 4 is 39.9 Å². The standard InChI is InChI=1S/C24H22Cl2N6O/c1-2-5-17(8-10-27)30-23-12-22(20(26)14-28-23)31-11-9-21-18(24(31)33)13-29-32(21)15-16-6-3-4-7-19(16)25/h3-4,6-7,9,11-14,17H,2,5,8,15H2,1H3,(H,28,30). The Bertz CT molecular complexity index is 1390. The van der Waals surface area contributed by atoms with Crippen LogP contribution in [-0.4, -0.2) is 25.4 Å². The van der Waals surface area contributed by atoms with E-state index < -0.39 is 0 Å². The molecule has 3 aromatic heterocycles. The third-order valence-corrected chi connectivity index (χ3v) is 6.07. The van der Waals surface area contributed by atoms with E-state index >= 15 is 0 Å². The molecule has 1 atom stereocenters. The number of hydrogen-bond donors (Lipinski definition) is 1. The number of halogens is 2. The van der Waals surface area contributed by atoms with Crippen LogP contribution >= 0.6 is 23.2 Å². The van der Waals surface area contributed by atoms with Gasteiger partial charge in [-0.2, -0.15) is 10.4 Å². The van der Waals surface area contributed by atoms with Gasteiger partial charge in [0.25, 0.3) is 5.56 Å². The van der Waals surface area contributed by atoms with Gasteiger partial charge in [-0.15, -0.1) is 0 Å². The molecule has 168 valence electrons. The topological polar surface area (TPSA) is 88.5 Å². The molecule has 4 aromatic rings. The predicted octanol–water partition coefficient (Wildman–Crippen LogP) is 5.43. The average molecular weight is 481 g/mol. The monoisotopic (exact) mass is 480 g/mol. The Kier molecular flexibility index (Phi) is 6.97. The highest BCUT2D eigenvalue weighted by molar-refractivity contribution is 6.32. The molecule has 0 radical (unpaired) electrons. The summed E-state index contributed by atoms with van der Waals surface area (Å²) in [6.45, 7) is 2.52. The Morgan fingerprint density at radius 2 is 2.00 bits per heavy atom. The van der Waals surface area contributed by atoms with Crippen molar-refractivity contribution in [2.45, 2.75) is 38.8 Å². The van der Waals surface area contributed by atoms with Gasteiger partial charge in [-0.3, -0.25) is 14.0 Å². The molecule has 0 spiro atoms. The van der Waals surface area contributed by atoms with E-state index in [2.05, 4.69) is 28.4 Å². The van der Waals surface area contributed by atoms with Crippen LogP contribution in [0, 0.1) is 11.3 Å². The van der Waals surface area contributed by atoms with Crippen molar-refractivity contribution in [2.75, 3.05) is 5.32 Å². The fourth-order valence-electron chi connectivity index (χ4n) is 3.77. The van der Waals surface area contributed by atoms with Crippen molar-refractivity contribution in [3.05, 3.63) is 81.0 Å². The summed E-state index contributed by atoms with van der Waals surface area (Å²) in [7, 11) is 0. The fraction of sp³-hybridized carbons (Fsp3) is 0.250. The van der Waals surface area contributed by atoms with Crippen molar-refractivity contribution in [3.8, 4) is 11.8 Å². The van der Waals surface area contributed by atoms with Crippen molar-refractivity contribution in [1.82, 2.24) is 19.3 Å². The number of hydrogen-bond acceptors (Lipinski definition) is 5. The molecule has 0 bridgehead atoms. The summed E-state index contributed by atoms with van der Waals surface area (Å²) in [5.41, 5.74) is 1.89. The van der Waals surface area contributed by atoms with Crippen LogP contribution in [0.4, 0.5) is 5.82 Å². The van der Waals surface area contributed by atoms with E-state index in [0.717, 1.165) is 18.4 Å². The molecular formula is C24H22Cl2N6O. The number of nitrogens with zero attached hydrogens (tertiary/aromatic N) is 5. The molecule has 0 saturated carbocycles. The number of nitriles is 1. The van der Waals surface area contributed by atoms with Gasteiger partial charge in [0.1, 0.15) is 5.82 Å². The van der Waals surface area contributed by atoms with E-state index in [9.17, 15) is 4.79 Å². The Hall–Kier alpha value is -3.34. The zero-order valence-corrected chi connectivity index (χ0v) is 19.5. The number of rotatable bonds is 8. The second kappa shape index (κ2) is 10.1. The highest BCUT2D eigenvalue weighted by Gasteiger charge is 2.15. The number of fused-ring (bicyclic) bond motifs is 1. The number of nitrogens with one attached hydrogen (secondary N) is 1. The minimum absolute atomic E-state index is 0.0243. The van der Waals surface area contributed by atoms with Crippen molar-refractivity contribution in [1.29, 1.82) is 5.26 Å². The largest absolute Gasteiger partial charge is 0.366 e. The molecule has 1 unspecified atom stereocenters. The number of anilines is 1. The van der Waals surface area contributed by atoms with E-state index in [4.69, 9.17) is 28.5 Å². The maximum absolute atomic E-state index is 13.3. The van der Waals surface area contributed by atoms with E-state index in [1.54, 1.807) is 23.1 Å². The zero-order valence-electron chi connectivity index (χ0n) is 18.0. The lowest BCUT2D eigenvalue weighted by Gasteiger charge is -2.17. The third kappa shape index (κ3) is 4.87. The molecule has 7 nitrogen and oxygen atoms in total. The first-order valence-electron chi connectivity index (χ1n) is 10.6. The maximum atomic E-state index is 13.3. The first kappa shape index (κ1) is 22.8. The molecule has 1 N–H and O–H groups in total. The van der Waals surface area contributed by atoms with Crippen molar-refractivity contribution in [3.63, 3.8) is 0 Å². The summed E-state index contributed by atoms with van der Waals surface area (Å²) in [5.74, 6) is 0.560. The zero-order chi connectivity index (χ0) is 23.4. The highest BCUT2D eigenvalue weighted by atomic mass is 35.5. The third-order valence-electron chi connectivity index (χ3n) is 5.41. The van der Waals surface area contributed by atoms with Gasteiger partial charge in [-0.1, -0.05) is 54.7 Å². The molecule has 9 heteroatoms. The molecule has 3 heterocycles. The molecule has 0 saturated heterocycles. The van der Waals surface area contributed by atoms with Gasteiger partial charge in [0.15, 0.2) is 0 Å². The molecule has 33 heavy (non-hydrogen) atoms. The van der Waals surface area contributed by atoms with Gasteiger partial charge in [0, 0.05) is 23.3 Å². The lowest BCUT2D eigenvalue weighted by molar-refractivity contribution is 0.649. The second-order valence-electron chi connectivity index (χ2n) is 7.70. The smallest absolute Gasteiger partial charge is 0.266 e. The molecule has 0 aliphatic carbocycles. The Labute approximate surface area is 201 Å². The molecule has 0 fully saturated rings. The second-order valence-corrected chi connectivity index (χ2v) is 8.51. The predicted molar refractivity (Wildman–Crippen MR) is 131 cm³/mol. The molecule has 4 rings (SSSR count). The molecule has 0 amide bonds. The van der Waals surface area contributed by atoms with Crippen LogP contribution in [0.25, 0.3) is 16.6 Å². The van der Waals surface area contributed by atoms with Crippen LogP contribution in [0.2, 0.25) is 10.0 Å². The Balaban J connectivity index is 1.69. The number of aromatic nitrogens is 4. The quantitative estimate of drug-likeness (QED) is 0.363. The Morgan fingerprint density at radius 1 is 1.18 bits per heavy atom. The van der Waals surface area contributed by atoms with Crippen LogP contribution in [0.3, 0.4) is 0 Å². The van der Waals surface area contributed by atoms with Crippen LogP contribution in [0.5, 0.6) is 0 Å². The molecule has 1 aromatic carbocycles. The summed E-state index contributed by atoms with van der Waals surface area (Å²) in [6.07, 6.45) is 6.89. The average Bonchev–Trinajstić information content (AvgIpc) is 3.21. The van der Waals surface area contributed by atoms with Crippen molar-refractivity contribution < 1.29 is 0 Å². The van der Waals surface area contributed by atoms with E-state index in [0.29, 0.717) is 45.4 Å². The summed E-state index contributed by atoms with van der Waals surface area (Å²) < 4.78 is 3.23. The van der Waals surface area contributed by atoms with Crippen LogP contribution < -0.4 is 10.9 Å². The lowest BCUT2D eigenvalue weighted by Crippen LogP contribution is -2.21. The van der Waals surface area contributed by atoms with Gasteiger partial charge in [-0.05, 0) is 24.1 Å². The number of benzene rings is 1. The van der Waals surface area contributed by atoms with Gasteiger partial charge in [0.2, 0.25) is 0 Å². The van der Waals surface area contributed by atoms with Crippen LogP contribution in [0.1, 0.15) is 31.7 Å². The molecule has 0 aliphatic rings. The van der Waals surface area contributed by atoms with Gasteiger partial charge in [0.05, 0.1) is 53.0 Å². The number of pyridine rings is 2. The van der Waals surface area contributed by atoms with E-state index in [1.165, 1.54) is 10.8 Å². The maximum Gasteiger partial charge on any atom is 0.266 e. The first-order chi connectivity index (χ1) is 16.0. The minimum atomic E-state index is -0.237. The summed E-state index contributed by atoms with van der Waals surface area (Å²) in [4.78, 5) is 17.6. The van der Waals surface area contributed by atoms with Gasteiger partial charge < -0.3 is 5.32 Å². The van der Waals surface area contributed by atoms with E-state index in [1.807, 2.05) is 30.3 Å². The summed E-state index contributed by atoms with van der Waals surface area (Å²) >= 11 is 12.7. The molecular weight excluding hydrogens is 459 g/mol. The van der Waals surface area contributed by atoms with Crippen molar-refractivity contribution in [2.24, 2.45) is 0 Å². The molecule has 0 aliphatic heterocycles. The minimum Gasteiger partial charge on any atom is -0.366 e. The SMILES string of the molecule is CCCC(CC#N)Nc1cc(-n2ccc3c(cnn3Cc3ccccc3Cl)c2=O)c(Cl)cn1. The Morgan fingerprint density at radius 3 is 2.76 bits per heavy atom. The van der Waals surface area contributed by atoms with Gasteiger partial charge >= 0.3 is 0 Å². The van der Waals surface area contributed by atoms with Gasteiger partial charge in [-0.25, -0.2) is 4.98 Å². The summed E-state index contributed by atoms with van der Waals surface area (Å²) in [5, 5.41) is 18.2. The highest BCUT2D eigenvalue weighted by Crippen LogP contribution is 2.24. The van der Waals surface area contributed by atoms with Crippen LogP contribution in [0.15, 0.2) is 59.8 Å². The van der Waals surface area contributed by atoms with Crippen LogP contribution in [-0.2, 0) is 6.54 Å².